The molecule has 0 bridgehead atoms. The van der Waals surface area contributed by atoms with Crippen molar-refractivity contribution in [2.24, 2.45) is 0 Å². The zero-order chi connectivity index (χ0) is 11.4. The van der Waals surface area contributed by atoms with E-state index in [9.17, 15) is 4.79 Å². The number of hydrogen-bond donors (Lipinski definition) is 0. The molecule has 1 saturated heterocycles. The first-order valence-corrected chi connectivity index (χ1v) is 5.61. The Kier molecular flexibility index (Phi) is 3.39. The number of carbonyl (C=O) groups excluding carboxylic acids is 1. The monoisotopic (exact) mass is 220 g/mol. The summed E-state index contributed by atoms with van der Waals surface area (Å²) in [5, 5.41) is 0. The maximum atomic E-state index is 12.1. The van der Waals surface area contributed by atoms with Gasteiger partial charge in [-0.05, 0) is 25.3 Å². The highest BCUT2D eigenvalue weighted by Gasteiger charge is 2.19. The Labute approximate surface area is 95.2 Å². The maximum Gasteiger partial charge on any atom is 0.272 e. The summed E-state index contributed by atoms with van der Waals surface area (Å²) in [6, 6.07) is 5.27. The van der Waals surface area contributed by atoms with E-state index >= 15 is 0 Å². The minimum Gasteiger partial charge on any atom is -0.481 e. The van der Waals surface area contributed by atoms with Crippen LogP contribution in [0.3, 0.4) is 0 Å². The topological polar surface area (TPSA) is 42.4 Å². The summed E-state index contributed by atoms with van der Waals surface area (Å²) in [5.41, 5.74) is 0.473. The third-order valence-corrected chi connectivity index (χ3v) is 2.80. The van der Waals surface area contributed by atoms with E-state index in [0.717, 1.165) is 25.9 Å². The Bertz CT molecular complexity index is 373. The van der Waals surface area contributed by atoms with Gasteiger partial charge in [0.2, 0.25) is 5.88 Å². The number of rotatable bonds is 2. The number of pyridine rings is 1. The second kappa shape index (κ2) is 4.96. The first-order valence-electron chi connectivity index (χ1n) is 5.61. The van der Waals surface area contributed by atoms with Gasteiger partial charge in [-0.25, -0.2) is 4.98 Å². The fourth-order valence-corrected chi connectivity index (χ4v) is 1.91. The summed E-state index contributed by atoms with van der Waals surface area (Å²) >= 11 is 0. The molecule has 2 rings (SSSR count). The van der Waals surface area contributed by atoms with Crippen LogP contribution in [0.2, 0.25) is 0 Å². The zero-order valence-corrected chi connectivity index (χ0v) is 9.48. The van der Waals surface area contributed by atoms with Crippen molar-refractivity contribution in [2.75, 3.05) is 20.2 Å². The van der Waals surface area contributed by atoms with Gasteiger partial charge in [0.25, 0.3) is 5.91 Å². The first kappa shape index (κ1) is 10.9. The Morgan fingerprint density at radius 3 is 2.75 bits per heavy atom. The average Bonchev–Trinajstić information content (AvgIpc) is 2.39. The van der Waals surface area contributed by atoms with Crippen LogP contribution < -0.4 is 4.74 Å². The third kappa shape index (κ3) is 2.32. The molecule has 1 aromatic rings. The highest BCUT2D eigenvalue weighted by Crippen LogP contribution is 2.13. The van der Waals surface area contributed by atoms with Crippen molar-refractivity contribution >= 4 is 5.91 Å². The van der Waals surface area contributed by atoms with Crippen molar-refractivity contribution in [3.8, 4) is 5.88 Å². The predicted molar refractivity (Wildman–Crippen MR) is 60.5 cm³/mol. The van der Waals surface area contributed by atoms with Crippen molar-refractivity contribution in [1.82, 2.24) is 9.88 Å². The predicted octanol–water partition coefficient (Wildman–Crippen LogP) is 1.72. The van der Waals surface area contributed by atoms with Gasteiger partial charge in [-0.2, -0.15) is 0 Å². The van der Waals surface area contributed by atoms with E-state index in [-0.39, 0.29) is 5.91 Å². The summed E-state index contributed by atoms with van der Waals surface area (Å²) in [5.74, 6) is 0.501. The molecule has 16 heavy (non-hydrogen) atoms. The molecule has 0 atom stereocenters. The van der Waals surface area contributed by atoms with Crippen molar-refractivity contribution < 1.29 is 9.53 Å². The molecule has 86 valence electrons. The van der Waals surface area contributed by atoms with Crippen LogP contribution in [0.15, 0.2) is 18.2 Å². The van der Waals surface area contributed by atoms with Crippen LogP contribution in [0.5, 0.6) is 5.88 Å². The molecule has 0 saturated carbocycles. The van der Waals surface area contributed by atoms with Gasteiger partial charge < -0.3 is 9.64 Å². The van der Waals surface area contributed by atoms with Crippen LogP contribution in [0.1, 0.15) is 29.8 Å². The van der Waals surface area contributed by atoms with Gasteiger partial charge in [-0.15, -0.1) is 0 Å². The summed E-state index contributed by atoms with van der Waals surface area (Å²) in [6.45, 7) is 1.69. The number of ether oxygens (including phenoxy) is 1. The molecule has 4 heteroatoms. The van der Waals surface area contributed by atoms with Crippen LogP contribution in [-0.4, -0.2) is 36.0 Å². The summed E-state index contributed by atoms with van der Waals surface area (Å²) in [6.07, 6.45) is 3.40. The molecule has 4 nitrogen and oxygen atoms in total. The van der Waals surface area contributed by atoms with E-state index in [1.807, 2.05) is 4.90 Å². The van der Waals surface area contributed by atoms with Gasteiger partial charge >= 0.3 is 0 Å². The molecule has 2 heterocycles. The van der Waals surface area contributed by atoms with Crippen LogP contribution in [0, 0.1) is 0 Å². The normalized spacial score (nSPS) is 15.9. The molecule has 1 aliphatic rings. The molecular weight excluding hydrogens is 204 g/mol. The quantitative estimate of drug-likeness (QED) is 0.762. The molecule has 1 fully saturated rings. The standard InChI is InChI=1S/C12H16N2O2/c1-16-11-7-5-6-10(13-11)12(15)14-8-3-2-4-9-14/h5-7H,2-4,8-9H2,1H3. The number of amides is 1. The largest absolute Gasteiger partial charge is 0.481 e. The van der Waals surface area contributed by atoms with Crippen LogP contribution in [0.4, 0.5) is 0 Å². The lowest BCUT2D eigenvalue weighted by Crippen LogP contribution is -2.36. The van der Waals surface area contributed by atoms with Gasteiger partial charge in [0, 0.05) is 19.2 Å². The van der Waals surface area contributed by atoms with Gasteiger partial charge in [0.15, 0.2) is 0 Å². The van der Waals surface area contributed by atoms with Crippen molar-refractivity contribution in [2.45, 2.75) is 19.3 Å². The molecule has 0 aromatic carbocycles. The fourth-order valence-electron chi connectivity index (χ4n) is 1.91. The average molecular weight is 220 g/mol. The molecule has 0 unspecified atom stereocenters. The fraction of sp³-hybridized carbons (Fsp3) is 0.500. The lowest BCUT2D eigenvalue weighted by atomic mass is 10.1. The molecular formula is C12H16N2O2. The molecule has 1 amide bonds. The van der Waals surface area contributed by atoms with Gasteiger partial charge in [-0.3, -0.25) is 4.79 Å². The molecule has 0 N–H and O–H groups in total. The zero-order valence-electron chi connectivity index (χ0n) is 9.48. The number of piperidine rings is 1. The smallest absolute Gasteiger partial charge is 0.272 e. The van der Waals surface area contributed by atoms with Crippen LogP contribution >= 0.6 is 0 Å². The molecule has 0 spiro atoms. The number of carbonyl (C=O) groups is 1. The van der Waals surface area contributed by atoms with Gasteiger partial charge in [0.05, 0.1) is 7.11 Å². The second-order valence-corrected chi connectivity index (χ2v) is 3.92. The summed E-state index contributed by atoms with van der Waals surface area (Å²) in [4.78, 5) is 18.1. The van der Waals surface area contributed by atoms with Crippen LogP contribution in [-0.2, 0) is 0 Å². The number of likely N-dealkylation sites (tertiary alicyclic amines) is 1. The first-order chi connectivity index (χ1) is 7.81. The van der Waals surface area contributed by atoms with Crippen LogP contribution in [0.25, 0.3) is 0 Å². The van der Waals surface area contributed by atoms with Gasteiger partial charge in [0.1, 0.15) is 5.69 Å². The lowest BCUT2D eigenvalue weighted by Gasteiger charge is -2.26. The Hall–Kier alpha value is -1.58. The molecule has 1 aromatic heterocycles. The summed E-state index contributed by atoms with van der Waals surface area (Å²) < 4.78 is 5.01. The van der Waals surface area contributed by atoms with E-state index in [0.29, 0.717) is 11.6 Å². The van der Waals surface area contributed by atoms with Gasteiger partial charge in [-0.1, -0.05) is 6.07 Å². The number of nitrogens with zero attached hydrogens (tertiary/aromatic N) is 2. The van der Waals surface area contributed by atoms with E-state index < -0.39 is 0 Å². The van der Waals surface area contributed by atoms with Crippen molar-refractivity contribution in [1.29, 1.82) is 0 Å². The highest BCUT2D eigenvalue weighted by atomic mass is 16.5. The minimum absolute atomic E-state index is 0.0126. The number of hydrogen-bond acceptors (Lipinski definition) is 3. The lowest BCUT2D eigenvalue weighted by molar-refractivity contribution is 0.0717. The SMILES string of the molecule is COc1cccc(C(=O)N2CCCCC2)n1. The molecule has 1 aliphatic heterocycles. The highest BCUT2D eigenvalue weighted by molar-refractivity contribution is 5.92. The van der Waals surface area contributed by atoms with E-state index in [1.165, 1.54) is 6.42 Å². The number of aromatic nitrogens is 1. The minimum atomic E-state index is 0.0126. The van der Waals surface area contributed by atoms with E-state index in [1.54, 1.807) is 25.3 Å². The van der Waals surface area contributed by atoms with Crippen molar-refractivity contribution in [3.63, 3.8) is 0 Å². The molecule has 0 aliphatic carbocycles. The Morgan fingerprint density at radius 2 is 2.06 bits per heavy atom. The maximum absolute atomic E-state index is 12.1. The van der Waals surface area contributed by atoms with E-state index in [2.05, 4.69) is 4.98 Å². The Balaban J connectivity index is 2.12. The molecule has 0 radical (unpaired) electrons. The van der Waals surface area contributed by atoms with E-state index in [4.69, 9.17) is 4.74 Å². The second-order valence-electron chi connectivity index (χ2n) is 3.92. The van der Waals surface area contributed by atoms with Crippen molar-refractivity contribution in [3.05, 3.63) is 23.9 Å². The summed E-state index contributed by atoms with van der Waals surface area (Å²) in [7, 11) is 1.55. The number of methoxy groups -OCH3 is 1. The Morgan fingerprint density at radius 1 is 1.31 bits per heavy atom. The third-order valence-electron chi connectivity index (χ3n) is 2.80.